The molecule has 0 unspecified atom stereocenters. The average Bonchev–Trinajstić information content (AvgIpc) is 3.18. The lowest BCUT2D eigenvalue weighted by atomic mass is 10.1. The summed E-state index contributed by atoms with van der Waals surface area (Å²) >= 11 is 0. The number of anilines is 2. The Morgan fingerprint density at radius 3 is 2.59 bits per heavy atom. The van der Waals surface area contributed by atoms with Crippen molar-refractivity contribution in [1.82, 2.24) is 5.16 Å². The highest BCUT2D eigenvalue weighted by molar-refractivity contribution is 5.96. The molecule has 1 amide bonds. The fourth-order valence-electron chi connectivity index (χ4n) is 3.82. The number of aryl methyl sites for hydroxylation is 1. The van der Waals surface area contributed by atoms with Crippen molar-refractivity contribution < 1.29 is 23.5 Å². The largest absolute Gasteiger partial charge is 0.492 e. The van der Waals surface area contributed by atoms with E-state index < -0.39 is 0 Å². The van der Waals surface area contributed by atoms with E-state index in [-0.39, 0.29) is 12.3 Å². The van der Waals surface area contributed by atoms with Gasteiger partial charge in [-0.25, -0.2) is 0 Å². The van der Waals surface area contributed by atoms with Gasteiger partial charge in [-0.1, -0.05) is 16.8 Å². The lowest BCUT2D eigenvalue weighted by Gasteiger charge is -2.31. The first-order chi connectivity index (χ1) is 15.6. The van der Waals surface area contributed by atoms with Crippen molar-refractivity contribution in [3.63, 3.8) is 0 Å². The van der Waals surface area contributed by atoms with Gasteiger partial charge in [-0.05, 0) is 32.9 Å². The van der Waals surface area contributed by atoms with Crippen LogP contribution in [0.1, 0.15) is 25.1 Å². The highest BCUT2D eigenvalue weighted by Crippen LogP contribution is 2.39. The number of rotatable bonds is 8. The van der Waals surface area contributed by atoms with Gasteiger partial charge in [-0.15, -0.1) is 0 Å². The Morgan fingerprint density at radius 2 is 1.84 bits per heavy atom. The molecule has 1 aliphatic heterocycles. The molecule has 1 fully saturated rings. The van der Waals surface area contributed by atoms with Crippen LogP contribution in [0.4, 0.5) is 11.4 Å². The zero-order valence-corrected chi connectivity index (χ0v) is 18.8. The van der Waals surface area contributed by atoms with E-state index in [0.29, 0.717) is 54.9 Å². The highest BCUT2D eigenvalue weighted by Gasteiger charge is 2.21. The SMILES string of the molecule is CCOc1cc(N2CCOCC2)c(OCC)cc1NC(=O)Cc1noc2ccc(C)cc12. The van der Waals surface area contributed by atoms with Crippen LogP contribution in [-0.4, -0.2) is 50.6 Å². The van der Waals surface area contributed by atoms with Crippen LogP contribution in [0.25, 0.3) is 11.0 Å². The van der Waals surface area contributed by atoms with Crippen LogP contribution in [0.5, 0.6) is 11.5 Å². The summed E-state index contributed by atoms with van der Waals surface area (Å²) < 4.78 is 22.6. The van der Waals surface area contributed by atoms with E-state index >= 15 is 0 Å². The van der Waals surface area contributed by atoms with Crippen molar-refractivity contribution in [3.05, 3.63) is 41.6 Å². The van der Waals surface area contributed by atoms with Gasteiger partial charge in [0.2, 0.25) is 5.91 Å². The Hall–Kier alpha value is -3.26. The molecule has 4 rings (SSSR count). The van der Waals surface area contributed by atoms with Crippen LogP contribution in [0.3, 0.4) is 0 Å². The highest BCUT2D eigenvalue weighted by atomic mass is 16.5. The molecule has 8 heteroatoms. The molecule has 0 bridgehead atoms. The van der Waals surface area contributed by atoms with Crippen LogP contribution in [0.15, 0.2) is 34.9 Å². The summed E-state index contributed by atoms with van der Waals surface area (Å²) in [5, 5.41) is 7.91. The molecule has 0 spiro atoms. The van der Waals surface area contributed by atoms with Gasteiger partial charge < -0.3 is 29.0 Å². The van der Waals surface area contributed by atoms with E-state index in [1.165, 1.54) is 0 Å². The van der Waals surface area contributed by atoms with Crippen molar-refractivity contribution in [2.45, 2.75) is 27.2 Å². The second kappa shape index (κ2) is 9.91. The topological polar surface area (TPSA) is 86.1 Å². The standard InChI is InChI=1S/C24H29N3O5/c1-4-30-22-15-20(27-8-10-29-11-9-27)23(31-5-2)13-19(22)25-24(28)14-18-17-12-16(3)6-7-21(17)32-26-18/h6-7,12-13,15H,4-5,8-11,14H2,1-3H3,(H,25,28). The van der Waals surface area contributed by atoms with Gasteiger partial charge in [0.25, 0.3) is 0 Å². The van der Waals surface area contributed by atoms with E-state index in [1.807, 2.05) is 51.1 Å². The number of fused-ring (bicyclic) bond motifs is 1. The Kier molecular flexibility index (Phi) is 6.80. The minimum absolute atomic E-state index is 0.0944. The maximum Gasteiger partial charge on any atom is 0.230 e. The summed E-state index contributed by atoms with van der Waals surface area (Å²) in [7, 11) is 0. The number of carbonyl (C=O) groups excluding carboxylic acids is 1. The summed E-state index contributed by atoms with van der Waals surface area (Å²) in [4.78, 5) is 15.1. The molecule has 1 N–H and O–H groups in total. The first-order valence-corrected chi connectivity index (χ1v) is 11.0. The van der Waals surface area contributed by atoms with Crippen molar-refractivity contribution in [3.8, 4) is 11.5 Å². The second-order valence-electron chi connectivity index (χ2n) is 7.64. The summed E-state index contributed by atoms with van der Waals surface area (Å²) in [6.45, 7) is 9.73. The molecule has 1 aliphatic rings. The Bertz CT molecular complexity index is 1090. The summed E-state index contributed by atoms with van der Waals surface area (Å²) in [6.07, 6.45) is 0.0944. The molecule has 1 saturated heterocycles. The smallest absolute Gasteiger partial charge is 0.230 e. The molecule has 0 radical (unpaired) electrons. The summed E-state index contributed by atoms with van der Waals surface area (Å²) in [5.41, 5.74) is 3.87. The number of amides is 1. The zero-order chi connectivity index (χ0) is 22.5. The number of carbonyl (C=O) groups is 1. The molecule has 0 atom stereocenters. The molecule has 2 aromatic carbocycles. The fraction of sp³-hybridized carbons (Fsp3) is 0.417. The zero-order valence-electron chi connectivity index (χ0n) is 18.8. The predicted octanol–water partition coefficient (Wildman–Crippen LogP) is 3.95. The van der Waals surface area contributed by atoms with Crippen molar-refractivity contribution >= 4 is 28.3 Å². The molecule has 170 valence electrons. The Labute approximate surface area is 187 Å². The number of nitrogens with one attached hydrogen (secondary N) is 1. The van der Waals surface area contributed by atoms with Crippen molar-refractivity contribution in [2.24, 2.45) is 0 Å². The van der Waals surface area contributed by atoms with Crippen LogP contribution < -0.4 is 19.7 Å². The maximum absolute atomic E-state index is 12.9. The Balaban J connectivity index is 1.60. The third-order valence-electron chi connectivity index (χ3n) is 5.31. The number of benzene rings is 2. The van der Waals surface area contributed by atoms with Gasteiger partial charge in [0, 0.05) is 30.6 Å². The lowest BCUT2D eigenvalue weighted by Crippen LogP contribution is -2.36. The summed E-state index contributed by atoms with van der Waals surface area (Å²) in [6, 6.07) is 9.57. The van der Waals surface area contributed by atoms with Crippen LogP contribution in [-0.2, 0) is 16.0 Å². The number of morpholine rings is 1. The third kappa shape index (κ3) is 4.80. The number of hydrogen-bond donors (Lipinski definition) is 1. The van der Waals surface area contributed by atoms with Crippen LogP contribution in [0.2, 0.25) is 0 Å². The molecule has 0 aliphatic carbocycles. The molecule has 3 aromatic rings. The minimum Gasteiger partial charge on any atom is -0.492 e. The molecule has 8 nitrogen and oxygen atoms in total. The van der Waals surface area contributed by atoms with Gasteiger partial charge in [-0.2, -0.15) is 0 Å². The Morgan fingerprint density at radius 1 is 1.09 bits per heavy atom. The van der Waals surface area contributed by atoms with E-state index in [0.717, 1.165) is 29.7 Å². The average molecular weight is 440 g/mol. The van der Waals surface area contributed by atoms with E-state index in [2.05, 4.69) is 15.4 Å². The van der Waals surface area contributed by atoms with E-state index in [1.54, 1.807) is 0 Å². The first-order valence-electron chi connectivity index (χ1n) is 11.0. The molecule has 0 saturated carbocycles. The van der Waals surface area contributed by atoms with Crippen molar-refractivity contribution in [2.75, 3.05) is 49.7 Å². The summed E-state index contributed by atoms with van der Waals surface area (Å²) in [5.74, 6) is 1.10. The molecule has 32 heavy (non-hydrogen) atoms. The maximum atomic E-state index is 12.9. The number of aromatic nitrogens is 1. The molecule has 1 aromatic heterocycles. The van der Waals surface area contributed by atoms with E-state index in [4.69, 9.17) is 18.7 Å². The van der Waals surface area contributed by atoms with Crippen LogP contribution >= 0.6 is 0 Å². The lowest BCUT2D eigenvalue weighted by molar-refractivity contribution is -0.115. The number of ether oxygens (including phenoxy) is 3. The minimum atomic E-state index is -0.204. The number of hydrogen-bond acceptors (Lipinski definition) is 7. The monoisotopic (exact) mass is 439 g/mol. The van der Waals surface area contributed by atoms with Gasteiger partial charge in [-0.3, -0.25) is 4.79 Å². The van der Waals surface area contributed by atoms with Gasteiger partial charge in [0.05, 0.1) is 44.2 Å². The van der Waals surface area contributed by atoms with Gasteiger partial charge >= 0.3 is 0 Å². The number of nitrogens with zero attached hydrogens (tertiary/aromatic N) is 2. The van der Waals surface area contributed by atoms with E-state index in [9.17, 15) is 4.79 Å². The van der Waals surface area contributed by atoms with Crippen molar-refractivity contribution in [1.29, 1.82) is 0 Å². The first kappa shape index (κ1) is 22.0. The molecule has 2 heterocycles. The van der Waals surface area contributed by atoms with Gasteiger partial charge in [0.15, 0.2) is 5.58 Å². The normalized spacial score (nSPS) is 13.9. The molecular weight excluding hydrogens is 410 g/mol. The predicted molar refractivity (Wildman–Crippen MR) is 123 cm³/mol. The third-order valence-corrected chi connectivity index (χ3v) is 5.31. The second-order valence-corrected chi connectivity index (χ2v) is 7.64. The quantitative estimate of drug-likeness (QED) is 0.569. The van der Waals surface area contributed by atoms with Crippen LogP contribution in [0, 0.1) is 6.92 Å². The van der Waals surface area contributed by atoms with Gasteiger partial charge in [0.1, 0.15) is 17.2 Å². The fourth-order valence-corrected chi connectivity index (χ4v) is 3.82. The molecular formula is C24H29N3O5.